The van der Waals surface area contributed by atoms with Crippen LogP contribution in [0.1, 0.15) is 24.1 Å². The van der Waals surface area contributed by atoms with Crippen LogP contribution in [0, 0.1) is 12.8 Å². The van der Waals surface area contributed by atoms with Gasteiger partial charge in [0.25, 0.3) is 0 Å². The molecule has 0 saturated carbocycles. The van der Waals surface area contributed by atoms with Crippen LogP contribution >= 0.6 is 0 Å². The van der Waals surface area contributed by atoms with Gasteiger partial charge in [-0.05, 0) is 38.6 Å². The lowest BCUT2D eigenvalue weighted by Crippen LogP contribution is -2.38. The lowest BCUT2D eigenvalue weighted by Gasteiger charge is -2.34. The lowest BCUT2D eigenvalue weighted by atomic mass is 9.98. The van der Waals surface area contributed by atoms with E-state index < -0.39 is 0 Å². The predicted octanol–water partition coefficient (Wildman–Crippen LogP) is 1.09. The normalized spacial score (nSPS) is 20.0. The Morgan fingerprint density at radius 2 is 2.26 bits per heavy atom. The molecule has 1 fully saturated rings. The number of methoxy groups -OCH3 is 1. The predicted molar refractivity (Wildman–Crippen MR) is 77.5 cm³/mol. The highest BCUT2D eigenvalue weighted by atomic mass is 16.5. The van der Waals surface area contributed by atoms with Gasteiger partial charge in [0, 0.05) is 32.8 Å². The summed E-state index contributed by atoms with van der Waals surface area (Å²) in [5.74, 6) is 1.88. The molecule has 0 bridgehead atoms. The summed E-state index contributed by atoms with van der Waals surface area (Å²) in [6.07, 6.45) is 3.38. The molecule has 5 heteroatoms. The van der Waals surface area contributed by atoms with E-state index in [-0.39, 0.29) is 0 Å². The maximum absolute atomic E-state index is 5.74. The number of aryl methyl sites for hydroxylation is 2. The molecule has 1 aliphatic heterocycles. The smallest absolute Gasteiger partial charge is 0.130 e. The maximum Gasteiger partial charge on any atom is 0.130 e. The van der Waals surface area contributed by atoms with E-state index in [0.717, 1.165) is 31.8 Å². The summed E-state index contributed by atoms with van der Waals surface area (Å²) in [5, 5.41) is 4.56. The fourth-order valence-electron chi connectivity index (χ4n) is 3.15. The molecule has 0 spiro atoms. The third-order valence-electron chi connectivity index (χ3n) is 3.93. The molecule has 108 valence electrons. The first kappa shape index (κ1) is 14.3. The summed E-state index contributed by atoms with van der Waals surface area (Å²) in [4.78, 5) is 2.46. The van der Waals surface area contributed by atoms with Gasteiger partial charge in [-0.25, -0.2) is 0 Å². The van der Waals surface area contributed by atoms with Gasteiger partial charge in [-0.15, -0.1) is 0 Å². The summed E-state index contributed by atoms with van der Waals surface area (Å²) in [6.45, 7) is 5.76. The second-order valence-electron chi connectivity index (χ2n) is 5.46. The number of rotatable bonds is 5. The minimum absolute atomic E-state index is 0.625. The standard InChI is InChI=1S/C14H26N4O/c1-11-13(6-7-15)14(17(2)16-11)18-8-4-5-12(9-18)10-19-3/h12H,4-10,15H2,1-3H3. The van der Waals surface area contributed by atoms with Gasteiger partial charge in [-0.1, -0.05) is 0 Å². The maximum atomic E-state index is 5.74. The molecule has 0 radical (unpaired) electrons. The zero-order valence-electron chi connectivity index (χ0n) is 12.4. The van der Waals surface area contributed by atoms with Crippen LogP contribution in [0.4, 0.5) is 5.82 Å². The highest BCUT2D eigenvalue weighted by Crippen LogP contribution is 2.28. The summed E-state index contributed by atoms with van der Waals surface area (Å²) in [5.41, 5.74) is 8.15. The summed E-state index contributed by atoms with van der Waals surface area (Å²) in [6, 6.07) is 0. The van der Waals surface area contributed by atoms with Crippen LogP contribution in [0.25, 0.3) is 0 Å². The molecule has 2 heterocycles. The topological polar surface area (TPSA) is 56.3 Å². The van der Waals surface area contributed by atoms with E-state index in [2.05, 4.69) is 16.9 Å². The van der Waals surface area contributed by atoms with Crippen molar-refractivity contribution in [3.63, 3.8) is 0 Å². The average molecular weight is 266 g/mol. The molecular weight excluding hydrogens is 240 g/mol. The molecule has 1 saturated heterocycles. The van der Waals surface area contributed by atoms with Gasteiger partial charge in [0.15, 0.2) is 0 Å². The molecule has 0 aliphatic carbocycles. The molecule has 1 aromatic heterocycles. The molecule has 1 unspecified atom stereocenters. The van der Waals surface area contributed by atoms with Crippen molar-refractivity contribution >= 4 is 5.82 Å². The summed E-state index contributed by atoms with van der Waals surface area (Å²) < 4.78 is 7.32. The largest absolute Gasteiger partial charge is 0.384 e. The molecular formula is C14H26N4O. The number of hydrogen-bond donors (Lipinski definition) is 1. The minimum Gasteiger partial charge on any atom is -0.384 e. The van der Waals surface area contributed by atoms with E-state index in [1.165, 1.54) is 24.2 Å². The first-order valence-electron chi connectivity index (χ1n) is 7.13. The molecule has 0 amide bonds. The zero-order valence-corrected chi connectivity index (χ0v) is 12.4. The third kappa shape index (κ3) is 3.09. The Hall–Kier alpha value is -1.07. The third-order valence-corrected chi connectivity index (χ3v) is 3.93. The molecule has 19 heavy (non-hydrogen) atoms. The fourth-order valence-corrected chi connectivity index (χ4v) is 3.15. The van der Waals surface area contributed by atoms with Crippen LogP contribution in [0.5, 0.6) is 0 Å². The Morgan fingerprint density at radius 3 is 2.95 bits per heavy atom. The molecule has 1 atom stereocenters. The van der Waals surface area contributed by atoms with Gasteiger partial charge < -0.3 is 15.4 Å². The Balaban J connectivity index is 2.20. The van der Waals surface area contributed by atoms with Crippen molar-refractivity contribution in [3.05, 3.63) is 11.3 Å². The molecule has 5 nitrogen and oxygen atoms in total. The van der Waals surface area contributed by atoms with Gasteiger partial charge in [-0.2, -0.15) is 5.10 Å². The Kier molecular flexibility index (Phi) is 4.82. The number of nitrogens with two attached hydrogens (primary N) is 1. The fraction of sp³-hybridized carbons (Fsp3) is 0.786. The average Bonchev–Trinajstić information content (AvgIpc) is 2.66. The number of hydrogen-bond acceptors (Lipinski definition) is 4. The number of piperidine rings is 1. The van der Waals surface area contributed by atoms with Gasteiger partial charge >= 0.3 is 0 Å². The lowest BCUT2D eigenvalue weighted by molar-refractivity contribution is 0.143. The molecule has 2 N–H and O–H groups in total. The second-order valence-corrected chi connectivity index (χ2v) is 5.46. The van der Waals surface area contributed by atoms with Crippen molar-refractivity contribution in [2.75, 3.05) is 38.3 Å². The number of anilines is 1. The molecule has 1 aliphatic rings. The van der Waals surface area contributed by atoms with E-state index in [1.807, 2.05) is 11.7 Å². The summed E-state index contributed by atoms with van der Waals surface area (Å²) >= 11 is 0. The Morgan fingerprint density at radius 1 is 1.47 bits per heavy atom. The monoisotopic (exact) mass is 266 g/mol. The van der Waals surface area contributed by atoms with E-state index in [1.54, 1.807) is 7.11 Å². The van der Waals surface area contributed by atoms with E-state index in [0.29, 0.717) is 12.5 Å². The summed E-state index contributed by atoms with van der Waals surface area (Å²) in [7, 11) is 3.81. The number of nitrogens with zero attached hydrogens (tertiary/aromatic N) is 3. The zero-order chi connectivity index (χ0) is 13.8. The number of ether oxygens (including phenoxy) is 1. The first-order valence-corrected chi connectivity index (χ1v) is 7.13. The van der Waals surface area contributed by atoms with Crippen molar-refractivity contribution in [1.82, 2.24) is 9.78 Å². The van der Waals surface area contributed by atoms with Crippen LogP contribution in [0.2, 0.25) is 0 Å². The van der Waals surface area contributed by atoms with E-state index in [9.17, 15) is 0 Å². The highest BCUT2D eigenvalue weighted by Gasteiger charge is 2.25. The first-order chi connectivity index (χ1) is 9.17. The van der Waals surface area contributed by atoms with E-state index in [4.69, 9.17) is 10.5 Å². The van der Waals surface area contributed by atoms with Gasteiger partial charge in [0.2, 0.25) is 0 Å². The van der Waals surface area contributed by atoms with Crippen LogP contribution in [-0.4, -0.2) is 43.1 Å². The SMILES string of the molecule is COCC1CCCN(c2c(CCN)c(C)nn2C)C1. The second kappa shape index (κ2) is 6.39. The van der Waals surface area contributed by atoms with Gasteiger partial charge in [0.05, 0.1) is 12.3 Å². The quantitative estimate of drug-likeness (QED) is 0.867. The van der Waals surface area contributed by atoms with Crippen LogP contribution < -0.4 is 10.6 Å². The van der Waals surface area contributed by atoms with Crippen molar-refractivity contribution < 1.29 is 4.74 Å². The van der Waals surface area contributed by atoms with Crippen LogP contribution in [0.3, 0.4) is 0 Å². The van der Waals surface area contributed by atoms with Gasteiger partial charge in [-0.3, -0.25) is 4.68 Å². The molecule has 0 aromatic carbocycles. The molecule has 2 rings (SSSR count). The number of aromatic nitrogens is 2. The van der Waals surface area contributed by atoms with Crippen LogP contribution in [0.15, 0.2) is 0 Å². The van der Waals surface area contributed by atoms with Crippen molar-refractivity contribution in [3.8, 4) is 0 Å². The van der Waals surface area contributed by atoms with E-state index >= 15 is 0 Å². The van der Waals surface area contributed by atoms with Crippen LogP contribution in [-0.2, 0) is 18.2 Å². The van der Waals surface area contributed by atoms with Crippen molar-refractivity contribution in [2.24, 2.45) is 18.7 Å². The minimum atomic E-state index is 0.625. The Bertz CT molecular complexity index is 414. The van der Waals surface area contributed by atoms with Gasteiger partial charge in [0.1, 0.15) is 5.82 Å². The molecule has 1 aromatic rings. The highest BCUT2D eigenvalue weighted by molar-refractivity contribution is 5.50. The Labute approximate surface area is 115 Å². The van der Waals surface area contributed by atoms with Crippen molar-refractivity contribution in [1.29, 1.82) is 0 Å². The van der Waals surface area contributed by atoms with Crippen molar-refractivity contribution in [2.45, 2.75) is 26.2 Å².